The van der Waals surface area contributed by atoms with Gasteiger partial charge in [-0.3, -0.25) is 9.59 Å². The summed E-state index contributed by atoms with van der Waals surface area (Å²) < 4.78 is 12.5. The second kappa shape index (κ2) is 13.6. The first-order valence-electron chi connectivity index (χ1n) is 13.0. The normalized spacial score (nSPS) is 13.6. The monoisotopic (exact) mass is 571 g/mol. The van der Waals surface area contributed by atoms with Crippen molar-refractivity contribution in [2.75, 3.05) is 18.5 Å². The number of ether oxygens (including phenoxy) is 2. The van der Waals surface area contributed by atoms with Gasteiger partial charge < -0.3 is 24.7 Å². The maximum Gasteiger partial charge on any atom is 0.341 e. The lowest BCUT2D eigenvalue weighted by Gasteiger charge is -2.12. The lowest BCUT2D eigenvalue weighted by molar-refractivity contribution is -0.123. The van der Waals surface area contributed by atoms with Crippen LogP contribution in [0.1, 0.15) is 59.7 Å². The summed E-state index contributed by atoms with van der Waals surface area (Å²) in [6, 6.07) is 9.10. The summed E-state index contributed by atoms with van der Waals surface area (Å²) in [6.45, 7) is 3.89. The molecule has 0 spiro atoms. The maximum atomic E-state index is 13.1. The molecule has 1 aliphatic carbocycles. The first-order chi connectivity index (χ1) is 18.9. The fourth-order valence-corrected chi connectivity index (χ4v) is 6.28. The van der Waals surface area contributed by atoms with Crippen LogP contribution in [-0.4, -0.2) is 51.0 Å². The third kappa shape index (κ3) is 7.39. The minimum absolute atomic E-state index is 0.111. The van der Waals surface area contributed by atoms with Crippen molar-refractivity contribution in [2.24, 2.45) is 7.05 Å². The average Bonchev–Trinajstić information content (AvgIpc) is 3.35. The van der Waals surface area contributed by atoms with Crippen LogP contribution in [0.25, 0.3) is 0 Å². The van der Waals surface area contributed by atoms with Gasteiger partial charge in [0.05, 0.1) is 24.0 Å². The Bertz CT molecular complexity index is 1310. The number of carbonyl (C=O) groups is 3. The third-order valence-corrected chi connectivity index (χ3v) is 8.61. The van der Waals surface area contributed by atoms with Crippen LogP contribution >= 0.6 is 23.1 Å². The molecule has 0 radical (unpaired) electrons. The zero-order chi connectivity index (χ0) is 27.8. The standard InChI is InChI=1S/C27H33N5O5S2/c1-4-36-26(35)23-19-13-9-6-10-14-20(19)39-25(23)29-24(34)17(2)38-27-31-30-21(32(27)3)15-28-22(33)16-37-18-11-7-5-8-12-18/h5,7-8,11-12,17H,4,6,9-10,13-16H2,1-3H3,(H,28,33)(H,29,34)/t17-/m0/s1. The summed E-state index contributed by atoms with van der Waals surface area (Å²) >= 11 is 2.73. The lowest BCUT2D eigenvalue weighted by Crippen LogP contribution is -2.29. The summed E-state index contributed by atoms with van der Waals surface area (Å²) in [7, 11) is 1.78. The van der Waals surface area contributed by atoms with E-state index in [4.69, 9.17) is 9.47 Å². The quantitative estimate of drug-likeness (QED) is 0.200. The topological polar surface area (TPSA) is 124 Å². The smallest absolute Gasteiger partial charge is 0.341 e. The number of esters is 1. The number of nitrogens with one attached hydrogen (secondary N) is 2. The van der Waals surface area contributed by atoms with E-state index in [1.54, 1.807) is 37.6 Å². The van der Waals surface area contributed by atoms with Gasteiger partial charge in [-0.05, 0) is 57.2 Å². The van der Waals surface area contributed by atoms with Gasteiger partial charge in [-0.25, -0.2) is 4.79 Å². The molecule has 2 amide bonds. The minimum Gasteiger partial charge on any atom is -0.484 e. The number of benzene rings is 1. The van der Waals surface area contributed by atoms with Crippen molar-refractivity contribution in [1.82, 2.24) is 20.1 Å². The van der Waals surface area contributed by atoms with Crippen molar-refractivity contribution < 1.29 is 23.9 Å². The summed E-state index contributed by atoms with van der Waals surface area (Å²) in [5.41, 5.74) is 1.51. The highest BCUT2D eigenvalue weighted by molar-refractivity contribution is 8.00. The van der Waals surface area contributed by atoms with E-state index < -0.39 is 5.25 Å². The van der Waals surface area contributed by atoms with Crippen LogP contribution in [0.5, 0.6) is 5.75 Å². The number of aryl methyl sites for hydroxylation is 1. The van der Waals surface area contributed by atoms with E-state index in [9.17, 15) is 14.4 Å². The Morgan fingerprint density at radius 2 is 1.90 bits per heavy atom. The van der Waals surface area contributed by atoms with Crippen LogP contribution in [0.15, 0.2) is 35.5 Å². The van der Waals surface area contributed by atoms with E-state index in [-0.39, 0.29) is 37.5 Å². The van der Waals surface area contributed by atoms with Crippen LogP contribution in [-0.2, 0) is 40.8 Å². The summed E-state index contributed by atoms with van der Waals surface area (Å²) in [6.07, 6.45) is 4.94. The largest absolute Gasteiger partial charge is 0.484 e. The molecule has 4 rings (SSSR count). The number of para-hydroxylation sites is 1. The van der Waals surface area contributed by atoms with Gasteiger partial charge in [0.25, 0.3) is 5.91 Å². The molecule has 208 valence electrons. The Hall–Kier alpha value is -3.38. The Morgan fingerprint density at radius 3 is 2.67 bits per heavy atom. The highest BCUT2D eigenvalue weighted by Crippen LogP contribution is 2.38. The van der Waals surface area contributed by atoms with E-state index in [1.165, 1.54) is 23.1 Å². The van der Waals surface area contributed by atoms with Crippen molar-refractivity contribution in [3.63, 3.8) is 0 Å². The van der Waals surface area contributed by atoms with Gasteiger partial charge in [-0.1, -0.05) is 36.4 Å². The number of rotatable bonds is 11. The van der Waals surface area contributed by atoms with Crippen molar-refractivity contribution >= 4 is 45.9 Å². The molecule has 0 bridgehead atoms. The van der Waals surface area contributed by atoms with Crippen molar-refractivity contribution in [1.29, 1.82) is 0 Å². The fourth-order valence-electron chi connectivity index (χ4n) is 4.17. The molecule has 3 aromatic rings. The molecule has 0 unspecified atom stereocenters. The number of nitrogens with zero attached hydrogens (tertiary/aromatic N) is 3. The van der Waals surface area contributed by atoms with E-state index in [1.807, 2.05) is 18.2 Å². The van der Waals surface area contributed by atoms with Gasteiger partial charge in [0.2, 0.25) is 5.91 Å². The van der Waals surface area contributed by atoms with E-state index in [0.717, 1.165) is 42.5 Å². The predicted molar refractivity (Wildman–Crippen MR) is 150 cm³/mol. The number of thiophene rings is 1. The van der Waals surface area contributed by atoms with Crippen LogP contribution < -0.4 is 15.4 Å². The van der Waals surface area contributed by atoms with Crippen molar-refractivity contribution in [3.8, 4) is 5.75 Å². The minimum atomic E-state index is -0.508. The molecule has 39 heavy (non-hydrogen) atoms. The number of hydrogen-bond acceptors (Lipinski definition) is 9. The van der Waals surface area contributed by atoms with Crippen molar-refractivity contribution in [2.45, 2.75) is 62.9 Å². The number of anilines is 1. The molecule has 0 fully saturated rings. The third-order valence-electron chi connectivity index (χ3n) is 6.27. The molecule has 0 saturated carbocycles. The second-order valence-electron chi connectivity index (χ2n) is 9.07. The molecule has 1 aromatic carbocycles. The summed E-state index contributed by atoms with van der Waals surface area (Å²) in [5.74, 6) is 0.254. The van der Waals surface area contributed by atoms with Gasteiger partial charge in [0.1, 0.15) is 10.8 Å². The number of hydrogen-bond donors (Lipinski definition) is 2. The number of thioether (sulfide) groups is 1. The van der Waals surface area contributed by atoms with Gasteiger partial charge in [0, 0.05) is 11.9 Å². The van der Waals surface area contributed by atoms with Gasteiger partial charge >= 0.3 is 5.97 Å². The molecule has 10 nitrogen and oxygen atoms in total. The molecule has 12 heteroatoms. The van der Waals surface area contributed by atoms with Gasteiger partial charge in [-0.2, -0.15) is 0 Å². The molecule has 0 saturated heterocycles. The number of amides is 2. The van der Waals surface area contributed by atoms with Crippen LogP contribution in [0.3, 0.4) is 0 Å². The zero-order valence-electron chi connectivity index (χ0n) is 22.3. The molecular formula is C27H33N5O5S2. The number of aromatic nitrogens is 3. The Labute approximate surface area is 235 Å². The van der Waals surface area contributed by atoms with Gasteiger partial charge in [0.15, 0.2) is 17.6 Å². The first kappa shape index (κ1) is 28.6. The molecule has 2 aromatic heterocycles. The number of carbonyl (C=O) groups excluding carboxylic acids is 3. The van der Waals surface area contributed by atoms with E-state index >= 15 is 0 Å². The lowest BCUT2D eigenvalue weighted by atomic mass is 10.1. The Morgan fingerprint density at radius 1 is 1.13 bits per heavy atom. The molecule has 0 aliphatic heterocycles. The fraction of sp³-hybridized carbons (Fsp3) is 0.444. The summed E-state index contributed by atoms with van der Waals surface area (Å²) in [5, 5.41) is 14.7. The molecule has 2 N–H and O–H groups in total. The zero-order valence-corrected chi connectivity index (χ0v) is 24.0. The molecule has 1 atom stereocenters. The Balaban J connectivity index is 1.35. The predicted octanol–water partition coefficient (Wildman–Crippen LogP) is 4.14. The highest BCUT2D eigenvalue weighted by atomic mass is 32.2. The Kier molecular flexibility index (Phi) is 9.99. The van der Waals surface area contributed by atoms with Crippen LogP contribution in [0, 0.1) is 0 Å². The average molecular weight is 572 g/mol. The first-order valence-corrected chi connectivity index (χ1v) is 14.7. The highest BCUT2D eigenvalue weighted by Gasteiger charge is 2.28. The number of fused-ring (bicyclic) bond motifs is 1. The summed E-state index contributed by atoms with van der Waals surface area (Å²) in [4.78, 5) is 39.3. The molecular weight excluding hydrogens is 538 g/mol. The SMILES string of the molecule is CCOC(=O)c1c(NC(=O)[C@H](C)Sc2nnc(CNC(=O)COc3ccccc3)n2C)sc2c1CCCCC2. The van der Waals surface area contributed by atoms with E-state index in [0.29, 0.717) is 27.3 Å². The van der Waals surface area contributed by atoms with Gasteiger partial charge in [-0.15, -0.1) is 21.5 Å². The van der Waals surface area contributed by atoms with E-state index in [2.05, 4.69) is 20.8 Å². The molecule has 1 aliphatic rings. The van der Waals surface area contributed by atoms with Crippen molar-refractivity contribution in [3.05, 3.63) is 52.2 Å². The molecule has 2 heterocycles. The van der Waals surface area contributed by atoms with Crippen LogP contribution in [0.2, 0.25) is 0 Å². The maximum absolute atomic E-state index is 13.1. The second-order valence-corrected chi connectivity index (χ2v) is 11.5. The van der Waals surface area contributed by atoms with Crippen LogP contribution in [0.4, 0.5) is 5.00 Å².